The van der Waals surface area contributed by atoms with Crippen molar-refractivity contribution in [2.24, 2.45) is 0 Å². The van der Waals surface area contributed by atoms with Gasteiger partial charge in [0.25, 0.3) is 5.91 Å². The zero-order valence-electron chi connectivity index (χ0n) is 11.7. The molecule has 116 valence electrons. The number of carbonyl (C=O) groups excluding carboxylic acids is 1. The Morgan fingerprint density at radius 3 is 2.23 bits per heavy atom. The predicted octanol–water partition coefficient (Wildman–Crippen LogP) is 3.98. The van der Waals surface area contributed by atoms with Crippen LogP contribution >= 0.6 is 23.2 Å². The number of aliphatic hydroxyl groups excluding tert-OH is 1. The number of amides is 1. The molecular weight excluding hydrogens is 328 g/mol. The maximum atomic E-state index is 12.9. The first kappa shape index (κ1) is 16.7. The molecule has 2 rings (SSSR count). The van der Waals surface area contributed by atoms with Gasteiger partial charge in [-0.25, -0.2) is 4.39 Å². The molecule has 2 aromatic rings. The molecule has 0 aliphatic rings. The smallest absolute Gasteiger partial charge is 0.254 e. The molecule has 0 fully saturated rings. The van der Waals surface area contributed by atoms with E-state index < -0.39 is 23.9 Å². The Hall–Kier alpha value is -1.62. The molecule has 1 amide bonds. The molecule has 2 atom stereocenters. The summed E-state index contributed by atoms with van der Waals surface area (Å²) in [6.07, 6.45) is -0.981. The Labute approximate surface area is 137 Å². The molecule has 0 bridgehead atoms. The summed E-state index contributed by atoms with van der Waals surface area (Å²) in [4.78, 5) is 12.2. The molecule has 3 nitrogen and oxygen atoms in total. The van der Waals surface area contributed by atoms with Crippen molar-refractivity contribution in [3.8, 4) is 0 Å². The SMILES string of the molecule is CC(NC(=O)c1c(Cl)cccc1Cl)C(O)c1ccc(F)cc1. The summed E-state index contributed by atoms with van der Waals surface area (Å²) in [6, 6.07) is 9.57. The van der Waals surface area contributed by atoms with Gasteiger partial charge in [-0.2, -0.15) is 0 Å². The third-order valence-electron chi connectivity index (χ3n) is 3.23. The standard InChI is InChI=1S/C16H14Cl2FNO2/c1-9(15(21)10-5-7-11(19)8-6-10)20-16(22)14-12(17)3-2-4-13(14)18/h2-9,15,21H,1H3,(H,20,22). The average molecular weight is 342 g/mol. The Morgan fingerprint density at radius 2 is 1.68 bits per heavy atom. The highest BCUT2D eigenvalue weighted by atomic mass is 35.5. The van der Waals surface area contributed by atoms with Crippen molar-refractivity contribution in [2.45, 2.75) is 19.1 Å². The van der Waals surface area contributed by atoms with Crippen molar-refractivity contribution < 1.29 is 14.3 Å². The Balaban J connectivity index is 2.12. The molecule has 0 saturated carbocycles. The van der Waals surface area contributed by atoms with Crippen LogP contribution in [0.3, 0.4) is 0 Å². The minimum atomic E-state index is -0.981. The zero-order chi connectivity index (χ0) is 16.3. The van der Waals surface area contributed by atoms with Gasteiger partial charge in [0.15, 0.2) is 0 Å². The van der Waals surface area contributed by atoms with E-state index >= 15 is 0 Å². The number of carbonyl (C=O) groups is 1. The monoisotopic (exact) mass is 341 g/mol. The van der Waals surface area contributed by atoms with Crippen molar-refractivity contribution in [2.75, 3.05) is 0 Å². The van der Waals surface area contributed by atoms with Crippen LogP contribution in [0.1, 0.15) is 28.9 Å². The van der Waals surface area contributed by atoms with Crippen LogP contribution < -0.4 is 5.32 Å². The summed E-state index contributed by atoms with van der Waals surface area (Å²) < 4.78 is 12.9. The van der Waals surface area contributed by atoms with Crippen molar-refractivity contribution in [3.63, 3.8) is 0 Å². The van der Waals surface area contributed by atoms with E-state index in [0.717, 1.165) is 0 Å². The predicted molar refractivity (Wildman–Crippen MR) is 84.8 cm³/mol. The highest BCUT2D eigenvalue weighted by molar-refractivity contribution is 6.39. The van der Waals surface area contributed by atoms with Gasteiger partial charge in [0, 0.05) is 0 Å². The van der Waals surface area contributed by atoms with Crippen LogP contribution in [0.25, 0.3) is 0 Å². The molecule has 0 radical (unpaired) electrons. The van der Waals surface area contributed by atoms with Crippen LogP contribution in [0, 0.1) is 5.82 Å². The van der Waals surface area contributed by atoms with E-state index in [2.05, 4.69) is 5.32 Å². The summed E-state index contributed by atoms with van der Waals surface area (Å²) in [7, 11) is 0. The highest BCUT2D eigenvalue weighted by Gasteiger charge is 2.21. The second-order valence-corrected chi connectivity index (χ2v) is 5.67. The minimum absolute atomic E-state index is 0.156. The minimum Gasteiger partial charge on any atom is -0.386 e. The maximum absolute atomic E-state index is 12.9. The quantitative estimate of drug-likeness (QED) is 0.883. The Bertz CT molecular complexity index is 656. The molecule has 0 spiro atoms. The highest BCUT2D eigenvalue weighted by Crippen LogP contribution is 2.25. The van der Waals surface area contributed by atoms with E-state index in [4.69, 9.17) is 23.2 Å². The topological polar surface area (TPSA) is 49.3 Å². The van der Waals surface area contributed by atoms with Crippen molar-refractivity contribution in [3.05, 3.63) is 69.5 Å². The van der Waals surface area contributed by atoms with E-state index in [0.29, 0.717) is 5.56 Å². The van der Waals surface area contributed by atoms with Gasteiger partial charge in [0.2, 0.25) is 0 Å². The van der Waals surface area contributed by atoms with Gasteiger partial charge in [0.1, 0.15) is 5.82 Å². The van der Waals surface area contributed by atoms with Crippen molar-refractivity contribution in [1.82, 2.24) is 5.32 Å². The van der Waals surface area contributed by atoms with Gasteiger partial charge in [-0.3, -0.25) is 4.79 Å². The average Bonchev–Trinajstić information content (AvgIpc) is 2.47. The van der Waals surface area contributed by atoms with Gasteiger partial charge in [-0.1, -0.05) is 41.4 Å². The number of halogens is 3. The second kappa shape index (κ2) is 7.09. The largest absolute Gasteiger partial charge is 0.386 e. The molecule has 2 N–H and O–H groups in total. The molecule has 0 saturated heterocycles. The Morgan fingerprint density at radius 1 is 1.14 bits per heavy atom. The zero-order valence-corrected chi connectivity index (χ0v) is 13.2. The van der Waals surface area contributed by atoms with E-state index in [1.807, 2.05) is 0 Å². The third kappa shape index (κ3) is 3.77. The number of nitrogens with one attached hydrogen (secondary N) is 1. The van der Waals surface area contributed by atoms with E-state index in [9.17, 15) is 14.3 Å². The molecule has 2 unspecified atom stereocenters. The number of aliphatic hydroxyl groups is 1. The van der Waals surface area contributed by atoms with Crippen molar-refractivity contribution in [1.29, 1.82) is 0 Å². The lowest BCUT2D eigenvalue weighted by molar-refractivity contribution is 0.0852. The van der Waals surface area contributed by atoms with E-state index in [-0.39, 0.29) is 15.6 Å². The number of hydrogen-bond acceptors (Lipinski definition) is 2. The first-order valence-corrected chi connectivity index (χ1v) is 7.34. The van der Waals surface area contributed by atoms with Crippen LogP contribution in [-0.4, -0.2) is 17.1 Å². The molecule has 22 heavy (non-hydrogen) atoms. The van der Waals surface area contributed by atoms with Crippen LogP contribution in [0.5, 0.6) is 0 Å². The molecule has 2 aromatic carbocycles. The molecule has 0 aliphatic carbocycles. The summed E-state index contributed by atoms with van der Waals surface area (Å²) >= 11 is 11.9. The molecule has 0 aromatic heterocycles. The van der Waals surface area contributed by atoms with Gasteiger partial charge in [-0.05, 0) is 36.8 Å². The molecule has 0 aliphatic heterocycles. The number of benzene rings is 2. The first-order valence-electron chi connectivity index (χ1n) is 6.58. The van der Waals surface area contributed by atoms with Crippen LogP contribution in [-0.2, 0) is 0 Å². The third-order valence-corrected chi connectivity index (χ3v) is 3.86. The van der Waals surface area contributed by atoms with Crippen LogP contribution in [0.2, 0.25) is 10.0 Å². The van der Waals surface area contributed by atoms with Crippen LogP contribution in [0.4, 0.5) is 4.39 Å². The van der Waals surface area contributed by atoms with Gasteiger partial charge in [-0.15, -0.1) is 0 Å². The second-order valence-electron chi connectivity index (χ2n) is 4.86. The summed E-state index contributed by atoms with van der Waals surface area (Å²) in [6.45, 7) is 1.64. The normalized spacial score (nSPS) is 13.5. The summed E-state index contributed by atoms with van der Waals surface area (Å²) in [5.41, 5.74) is 0.656. The molecular formula is C16H14Cl2FNO2. The van der Waals surface area contributed by atoms with Crippen molar-refractivity contribution >= 4 is 29.1 Å². The van der Waals surface area contributed by atoms with Gasteiger partial charge in [0.05, 0.1) is 27.8 Å². The fourth-order valence-corrected chi connectivity index (χ4v) is 2.59. The summed E-state index contributed by atoms with van der Waals surface area (Å²) in [5, 5.41) is 13.3. The fraction of sp³-hybridized carbons (Fsp3) is 0.188. The first-order chi connectivity index (χ1) is 10.4. The number of rotatable bonds is 4. The molecule has 6 heteroatoms. The van der Waals surface area contributed by atoms with Crippen LogP contribution in [0.15, 0.2) is 42.5 Å². The fourth-order valence-electron chi connectivity index (χ4n) is 2.02. The Kier molecular flexibility index (Phi) is 5.40. The lowest BCUT2D eigenvalue weighted by Gasteiger charge is -2.21. The summed E-state index contributed by atoms with van der Waals surface area (Å²) in [5.74, 6) is -0.875. The lowest BCUT2D eigenvalue weighted by atomic mass is 10.0. The van der Waals surface area contributed by atoms with Gasteiger partial charge < -0.3 is 10.4 Å². The molecule has 0 heterocycles. The maximum Gasteiger partial charge on any atom is 0.254 e. The van der Waals surface area contributed by atoms with Gasteiger partial charge >= 0.3 is 0 Å². The lowest BCUT2D eigenvalue weighted by Crippen LogP contribution is -2.37. The van der Waals surface area contributed by atoms with E-state index in [1.54, 1.807) is 25.1 Å². The van der Waals surface area contributed by atoms with E-state index in [1.165, 1.54) is 24.3 Å². The number of hydrogen-bond donors (Lipinski definition) is 2.